The number of aromatic nitrogens is 3. The van der Waals surface area contributed by atoms with Crippen molar-refractivity contribution in [3.05, 3.63) is 12.4 Å². The van der Waals surface area contributed by atoms with Gasteiger partial charge >= 0.3 is 6.03 Å². The first-order valence-electron chi connectivity index (χ1n) is 4.06. The largest absolute Gasteiger partial charge is 0.394 e. The fourth-order valence-corrected chi connectivity index (χ4v) is 0.834. The maximum absolute atomic E-state index is 11.3. The zero-order valence-corrected chi connectivity index (χ0v) is 7.34. The molecule has 6 nitrogen and oxygen atoms in total. The Labute approximate surface area is 75.6 Å². The second-order valence-electron chi connectivity index (χ2n) is 2.58. The van der Waals surface area contributed by atoms with Crippen molar-refractivity contribution in [3.8, 4) is 0 Å². The number of rotatable bonds is 3. The molecule has 1 heterocycles. The average Bonchev–Trinajstić information content (AvgIpc) is 2.66. The average molecular weight is 184 g/mol. The summed E-state index contributed by atoms with van der Waals surface area (Å²) in [5.41, 5.74) is 0. The maximum atomic E-state index is 11.3. The Morgan fingerprint density at radius 3 is 3.00 bits per heavy atom. The third kappa shape index (κ3) is 2.51. The minimum absolute atomic E-state index is 0.0725. The van der Waals surface area contributed by atoms with Gasteiger partial charge < -0.3 is 10.4 Å². The van der Waals surface area contributed by atoms with Crippen molar-refractivity contribution in [2.75, 3.05) is 6.61 Å². The summed E-state index contributed by atoms with van der Waals surface area (Å²) in [7, 11) is 0. The molecule has 0 aliphatic carbocycles. The molecule has 13 heavy (non-hydrogen) atoms. The predicted molar refractivity (Wildman–Crippen MR) is 45.1 cm³/mol. The molecule has 72 valence electrons. The summed E-state index contributed by atoms with van der Waals surface area (Å²) < 4.78 is 1.08. The molecule has 0 saturated carbocycles. The van der Waals surface area contributed by atoms with Crippen molar-refractivity contribution in [3.63, 3.8) is 0 Å². The van der Waals surface area contributed by atoms with E-state index in [-0.39, 0.29) is 18.7 Å². The summed E-state index contributed by atoms with van der Waals surface area (Å²) >= 11 is 0. The van der Waals surface area contributed by atoms with Crippen LogP contribution in [0.25, 0.3) is 0 Å². The summed E-state index contributed by atoms with van der Waals surface area (Å²) in [5.74, 6) is 0. The molecule has 1 unspecified atom stereocenters. The number of hydrogen-bond donors (Lipinski definition) is 2. The van der Waals surface area contributed by atoms with Gasteiger partial charge in [-0.1, -0.05) is 12.1 Å². The topological polar surface area (TPSA) is 80.0 Å². The summed E-state index contributed by atoms with van der Waals surface area (Å²) in [5, 5.41) is 18.4. The SMILES string of the molecule is CCC(CO)NC(=O)n1ccnn1. The van der Waals surface area contributed by atoms with Crippen LogP contribution in [0.3, 0.4) is 0 Å². The molecule has 1 rings (SSSR count). The molecular weight excluding hydrogens is 172 g/mol. The fourth-order valence-electron chi connectivity index (χ4n) is 0.834. The molecule has 1 aromatic rings. The molecule has 0 saturated heterocycles. The van der Waals surface area contributed by atoms with Crippen molar-refractivity contribution in [2.24, 2.45) is 0 Å². The number of hydrogen-bond acceptors (Lipinski definition) is 4. The second-order valence-corrected chi connectivity index (χ2v) is 2.58. The molecular formula is C7H12N4O2. The second kappa shape index (κ2) is 4.56. The zero-order valence-electron chi connectivity index (χ0n) is 7.34. The molecule has 0 bridgehead atoms. The summed E-state index contributed by atoms with van der Waals surface area (Å²) in [6.07, 6.45) is 3.54. The summed E-state index contributed by atoms with van der Waals surface area (Å²) in [4.78, 5) is 11.3. The van der Waals surface area contributed by atoms with E-state index >= 15 is 0 Å². The van der Waals surface area contributed by atoms with Crippen LogP contribution >= 0.6 is 0 Å². The van der Waals surface area contributed by atoms with Gasteiger partial charge in [0.05, 0.1) is 25.0 Å². The Hall–Kier alpha value is -1.43. The van der Waals surface area contributed by atoms with Gasteiger partial charge in [-0.3, -0.25) is 0 Å². The molecule has 0 spiro atoms. The van der Waals surface area contributed by atoms with Crippen LogP contribution in [-0.2, 0) is 0 Å². The third-order valence-electron chi connectivity index (χ3n) is 1.67. The first-order valence-corrected chi connectivity index (χ1v) is 4.06. The van der Waals surface area contributed by atoms with Gasteiger partial charge in [-0.2, -0.15) is 4.68 Å². The quantitative estimate of drug-likeness (QED) is 0.670. The molecule has 6 heteroatoms. The molecule has 2 N–H and O–H groups in total. The van der Waals surface area contributed by atoms with E-state index in [2.05, 4.69) is 15.6 Å². The van der Waals surface area contributed by atoms with E-state index in [0.717, 1.165) is 4.68 Å². The van der Waals surface area contributed by atoms with Gasteiger partial charge in [0, 0.05) is 0 Å². The molecule has 0 aliphatic rings. The van der Waals surface area contributed by atoms with E-state index in [1.165, 1.54) is 12.4 Å². The standard InChI is InChI=1S/C7H12N4O2/c1-2-6(5-12)9-7(13)11-4-3-8-10-11/h3-4,6,12H,2,5H2,1H3,(H,9,13). The van der Waals surface area contributed by atoms with E-state index in [1.807, 2.05) is 6.92 Å². The number of aliphatic hydroxyl groups is 1. The van der Waals surface area contributed by atoms with Crippen molar-refractivity contribution in [2.45, 2.75) is 19.4 Å². The van der Waals surface area contributed by atoms with E-state index in [1.54, 1.807) is 0 Å². The van der Waals surface area contributed by atoms with Crippen LogP contribution in [0.1, 0.15) is 13.3 Å². The summed E-state index contributed by atoms with van der Waals surface area (Å²) in [6, 6.07) is -0.602. The van der Waals surface area contributed by atoms with Gasteiger partial charge in [0.25, 0.3) is 0 Å². The Morgan fingerprint density at radius 1 is 1.77 bits per heavy atom. The molecule has 0 aromatic carbocycles. The van der Waals surface area contributed by atoms with Gasteiger partial charge in [0.15, 0.2) is 0 Å². The molecule has 0 radical (unpaired) electrons. The normalized spacial score (nSPS) is 12.5. The van der Waals surface area contributed by atoms with Crippen LogP contribution in [0.5, 0.6) is 0 Å². The van der Waals surface area contributed by atoms with Gasteiger partial charge in [-0.15, -0.1) is 5.10 Å². The Morgan fingerprint density at radius 2 is 2.54 bits per heavy atom. The van der Waals surface area contributed by atoms with Crippen LogP contribution in [0.2, 0.25) is 0 Å². The van der Waals surface area contributed by atoms with Crippen molar-refractivity contribution in [1.82, 2.24) is 20.3 Å². The Balaban J connectivity index is 2.50. The number of nitrogens with zero attached hydrogens (tertiary/aromatic N) is 3. The van der Waals surface area contributed by atoms with Gasteiger partial charge in [-0.05, 0) is 6.42 Å². The smallest absolute Gasteiger partial charge is 0.343 e. The van der Waals surface area contributed by atoms with Crippen molar-refractivity contribution >= 4 is 6.03 Å². The lowest BCUT2D eigenvalue weighted by molar-refractivity contribution is 0.213. The first kappa shape index (κ1) is 9.66. The van der Waals surface area contributed by atoms with E-state index in [9.17, 15) is 4.79 Å². The van der Waals surface area contributed by atoms with Gasteiger partial charge in [-0.25, -0.2) is 4.79 Å². The van der Waals surface area contributed by atoms with Gasteiger partial charge in [0.2, 0.25) is 0 Å². The number of aliphatic hydroxyl groups excluding tert-OH is 1. The monoisotopic (exact) mass is 184 g/mol. The van der Waals surface area contributed by atoms with E-state index < -0.39 is 0 Å². The maximum Gasteiger partial charge on any atom is 0.343 e. The fraction of sp³-hybridized carbons (Fsp3) is 0.571. The highest BCUT2D eigenvalue weighted by Gasteiger charge is 2.10. The first-order chi connectivity index (χ1) is 6.27. The third-order valence-corrected chi connectivity index (χ3v) is 1.67. The molecule has 0 fully saturated rings. The van der Waals surface area contributed by atoms with Crippen LogP contribution in [0.4, 0.5) is 4.79 Å². The highest BCUT2D eigenvalue weighted by Crippen LogP contribution is 1.90. The van der Waals surface area contributed by atoms with Crippen LogP contribution in [-0.4, -0.2) is 38.8 Å². The molecule has 1 atom stereocenters. The highest BCUT2D eigenvalue weighted by molar-refractivity contribution is 5.75. The lowest BCUT2D eigenvalue weighted by atomic mass is 10.2. The molecule has 0 aliphatic heterocycles. The van der Waals surface area contributed by atoms with Gasteiger partial charge in [0.1, 0.15) is 0 Å². The lowest BCUT2D eigenvalue weighted by Crippen LogP contribution is -2.39. The summed E-state index contributed by atoms with van der Waals surface area (Å²) in [6.45, 7) is 1.81. The van der Waals surface area contributed by atoms with E-state index in [0.29, 0.717) is 6.42 Å². The van der Waals surface area contributed by atoms with Crippen LogP contribution < -0.4 is 5.32 Å². The van der Waals surface area contributed by atoms with Crippen LogP contribution in [0, 0.1) is 0 Å². The number of carbonyl (C=O) groups is 1. The predicted octanol–water partition coefficient (Wildman–Crippen LogP) is -0.393. The molecule has 1 aromatic heterocycles. The van der Waals surface area contributed by atoms with Crippen molar-refractivity contribution in [1.29, 1.82) is 0 Å². The van der Waals surface area contributed by atoms with Crippen LogP contribution in [0.15, 0.2) is 12.4 Å². The Kier molecular flexibility index (Phi) is 3.39. The number of carbonyl (C=O) groups excluding carboxylic acids is 1. The zero-order chi connectivity index (χ0) is 9.68. The van der Waals surface area contributed by atoms with E-state index in [4.69, 9.17) is 5.11 Å². The minimum atomic E-state index is -0.376. The van der Waals surface area contributed by atoms with Crippen molar-refractivity contribution < 1.29 is 9.90 Å². The Bertz CT molecular complexity index is 255. The minimum Gasteiger partial charge on any atom is -0.394 e. The number of nitrogens with one attached hydrogen (secondary N) is 1. The highest BCUT2D eigenvalue weighted by atomic mass is 16.3. The molecule has 1 amide bonds. The number of amides is 1. The lowest BCUT2D eigenvalue weighted by Gasteiger charge is -2.12.